The minimum absolute atomic E-state index is 0.0278. The molecule has 0 aliphatic carbocycles. The maximum atomic E-state index is 12.8. The van der Waals surface area contributed by atoms with Gasteiger partial charge in [0.05, 0.1) is 18.1 Å². The Kier molecular flexibility index (Phi) is 6.05. The summed E-state index contributed by atoms with van der Waals surface area (Å²) in [7, 11) is -3.99. The van der Waals surface area contributed by atoms with Gasteiger partial charge in [-0.1, -0.05) is 12.1 Å². The van der Waals surface area contributed by atoms with Crippen molar-refractivity contribution in [2.75, 3.05) is 45.9 Å². The molecule has 1 N–H and O–H groups in total. The van der Waals surface area contributed by atoms with Crippen molar-refractivity contribution < 1.29 is 22.9 Å². The zero-order valence-corrected chi connectivity index (χ0v) is 15.6. The molecule has 10 nitrogen and oxygen atoms in total. The molecule has 11 heteroatoms. The number of piperazine rings is 1. The molecule has 148 valence electrons. The Hall–Kier alpha value is -2.08. The predicted molar refractivity (Wildman–Crippen MR) is 95.7 cm³/mol. The summed E-state index contributed by atoms with van der Waals surface area (Å²) in [5.41, 5.74) is -0.445. The number of nitro benzene ring substituents is 1. The number of carbonyl (C=O) groups excluding carboxylic acids is 1. The minimum atomic E-state index is -3.99. The average Bonchev–Trinajstić information content (AvgIpc) is 2.69. The fourth-order valence-electron chi connectivity index (χ4n) is 3.23. The highest BCUT2D eigenvalue weighted by Crippen LogP contribution is 2.27. The summed E-state index contributed by atoms with van der Waals surface area (Å²) < 4.78 is 32.1. The van der Waals surface area contributed by atoms with Crippen LogP contribution in [0.2, 0.25) is 0 Å². The largest absolute Gasteiger partial charge is 0.378 e. The maximum Gasteiger partial charge on any atom is 0.289 e. The van der Waals surface area contributed by atoms with E-state index in [0.717, 1.165) is 0 Å². The van der Waals surface area contributed by atoms with E-state index in [1.54, 1.807) is 4.90 Å². The first kappa shape index (κ1) is 19.7. The summed E-state index contributed by atoms with van der Waals surface area (Å²) in [5, 5.41) is 14.4. The molecule has 1 atom stereocenters. The van der Waals surface area contributed by atoms with Crippen LogP contribution < -0.4 is 5.32 Å². The quantitative estimate of drug-likeness (QED) is 0.539. The summed E-state index contributed by atoms with van der Waals surface area (Å²) >= 11 is 0. The lowest BCUT2D eigenvalue weighted by Gasteiger charge is -2.35. The Morgan fingerprint density at radius 2 is 1.96 bits per heavy atom. The Bertz CT molecular complexity index is 801. The number of carbonyl (C=O) groups is 1. The second-order valence-electron chi connectivity index (χ2n) is 6.44. The lowest BCUT2D eigenvalue weighted by Crippen LogP contribution is -2.52. The molecule has 0 saturated carbocycles. The molecular formula is C16H22N4O6S. The van der Waals surface area contributed by atoms with E-state index in [1.807, 2.05) is 0 Å². The second-order valence-corrected chi connectivity index (χ2v) is 8.35. The molecule has 0 spiro atoms. The number of para-hydroxylation sites is 1. The Morgan fingerprint density at radius 1 is 1.26 bits per heavy atom. The summed E-state index contributed by atoms with van der Waals surface area (Å²) in [6, 6.07) is 5.27. The van der Waals surface area contributed by atoms with Gasteiger partial charge in [-0.3, -0.25) is 14.9 Å². The molecule has 0 radical (unpaired) electrons. The molecule has 0 bridgehead atoms. The van der Waals surface area contributed by atoms with Crippen LogP contribution in [-0.4, -0.2) is 80.4 Å². The fraction of sp³-hybridized carbons (Fsp3) is 0.562. The highest BCUT2D eigenvalue weighted by Gasteiger charge is 2.34. The standard InChI is InChI=1S/C16H22N4O6S/c21-16(11-13-12-26-10-5-17-13)18-6-8-19(9-7-18)27(24,25)15-4-2-1-3-14(15)20(22)23/h1-4,13,17H,5-12H2. The third-order valence-electron chi connectivity index (χ3n) is 4.69. The minimum Gasteiger partial charge on any atom is -0.378 e. The highest BCUT2D eigenvalue weighted by molar-refractivity contribution is 7.89. The highest BCUT2D eigenvalue weighted by atomic mass is 32.2. The van der Waals surface area contributed by atoms with Crippen molar-refractivity contribution in [1.82, 2.24) is 14.5 Å². The number of hydrogen-bond acceptors (Lipinski definition) is 7. The normalized spacial score (nSPS) is 21.8. The van der Waals surface area contributed by atoms with Crippen molar-refractivity contribution in [1.29, 1.82) is 0 Å². The first-order valence-electron chi connectivity index (χ1n) is 8.72. The van der Waals surface area contributed by atoms with Gasteiger partial charge in [-0.15, -0.1) is 0 Å². The van der Waals surface area contributed by atoms with E-state index in [2.05, 4.69) is 5.32 Å². The number of nitro groups is 1. The van der Waals surface area contributed by atoms with Crippen LogP contribution >= 0.6 is 0 Å². The molecule has 1 amide bonds. The van der Waals surface area contributed by atoms with E-state index in [4.69, 9.17) is 4.74 Å². The van der Waals surface area contributed by atoms with Gasteiger partial charge >= 0.3 is 0 Å². The van der Waals surface area contributed by atoms with E-state index in [9.17, 15) is 23.3 Å². The van der Waals surface area contributed by atoms with E-state index < -0.39 is 20.6 Å². The summed E-state index contributed by atoms with van der Waals surface area (Å²) in [6.07, 6.45) is 0.302. The summed E-state index contributed by atoms with van der Waals surface area (Å²) in [5.74, 6) is -0.0549. The van der Waals surface area contributed by atoms with Crippen LogP contribution in [0.3, 0.4) is 0 Å². The monoisotopic (exact) mass is 398 g/mol. The van der Waals surface area contributed by atoms with Gasteiger partial charge < -0.3 is 15.0 Å². The Balaban J connectivity index is 1.63. The number of hydrogen-bond donors (Lipinski definition) is 1. The zero-order chi connectivity index (χ0) is 19.4. The third kappa shape index (κ3) is 4.43. The van der Waals surface area contributed by atoms with Gasteiger partial charge in [-0.05, 0) is 6.07 Å². The van der Waals surface area contributed by atoms with Crippen molar-refractivity contribution in [2.24, 2.45) is 0 Å². The Morgan fingerprint density at radius 3 is 2.59 bits per heavy atom. The molecule has 2 fully saturated rings. The van der Waals surface area contributed by atoms with E-state index in [-0.39, 0.29) is 43.0 Å². The van der Waals surface area contributed by atoms with E-state index >= 15 is 0 Å². The van der Waals surface area contributed by atoms with Crippen LogP contribution in [0.1, 0.15) is 6.42 Å². The zero-order valence-electron chi connectivity index (χ0n) is 14.7. The van der Waals surface area contributed by atoms with Gasteiger partial charge in [0.25, 0.3) is 5.69 Å². The van der Waals surface area contributed by atoms with Crippen LogP contribution in [0.15, 0.2) is 29.2 Å². The van der Waals surface area contributed by atoms with Crippen molar-refractivity contribution in [3.63, 3.8) is 0 Å². The molecule has 27 heavy (non-hydrogen) atoms. The molecule has 1 unspecified atom stereocenters. The van der Waals surface area contributed by atoms with Gasteiger partial charge in [0.15, 0.2) is 4.90 Å². The van der Waals surface area contributed by atoms with Crippen LogP contribution in [0, 0.1) is 10.1 Å². The Labute approximate surface area is 157 Å². The van der Waals surface area contributed by atoms with Crippen LogP contribution in [0.25, 0.3) is 0 Å². The lowest BCUT2D eigenvalue weighted by atomic mass is 10.1. The third-order valence-corrected chi connectivity index (χ3v) is 6.64. The molecule has 2 aliphatic heterocycles. The van der Waals surface area contributed by atoms with Crippen LogP contribution in [-0.2, 0) is 19.6 Å². The second kappa shape index (κ2) is 8.30. The van der Waals surface area contributed by atoms with E-state index in [1.165, 1.54) is 28.6 Å². The van der Waals surface area contributed by atoms with Gasteiger partial charge in [0, 0.05) is 51.3 Å². The number of sulfonamides is 1. The lowest BCUT2D eigenvalue weighted by molar-refractivity contribution is -0.387. The molecule has 2 aliphatic rings. The number of amides is 1. The fourth-order valence-corrected chi connectivity index (χ4v) is 4.81. The van der Waals surface area contributed by atoms with Crippen molar-refractivity contribution in [3.8, 4) is 0 Å². The number of ether oxygens (including phenoxy) is 1. The predicted octanol–water partition coefficient (Wildman–Crippen LogP) is -0.194. The number of morpholine rings is 1. The van der Waals surface area contributed by atoms with Crippen LogP contribution in [0.4, 0.5) is 5.69 Å². The van der Waals surface area contributed by atoms with Crippen molar-refractivity contribution in [3.05, 3.63) is 34.4 Å². The maximum absolute atomic E-state index is 12.8. The summed E-state index contributed by atoms with van der Waals surface area (Å²) in [6.45, 7) is 2.55. The molecular weight excluding hydrogens is 376 g/mol. The number of nitrogens with zero attached hydrogens (tertiary/aromatic N) is 3. The van der Waals surface area contributed by atoms with E-state index in [0.29, 0.717) is 26.2 Å². The molecule has 3 rings (SSSR count). The number of nitrogens with one attached hydrogen (secondary N) is 1. The average molecular weight is 398 g/mol. The molecule has 2 heterocycles. The van der Waals surface area contributed by atoms with Crippen LogP contribution in [0.5, 0.6) is 0 Å². The van der Waals surface area contributed by atoms with Gasteiger partial charge in [0.2, 0.25) is 15.9 Å². The smallest absolute Gasteiger partial charge is 0.289 e. The van der Waals surface area contributed by atoms with Gasteiger partial charge in [-0.2, -0.15) is 4.31 Å². The SMILES string of the molecule is O=C(CC1COCCN1)N1CCN(S(=O)(=O)c2ccccc2[N+](=O)[O-])CC1. The first-order valence-corrected chi connectivity index (χ1v) is 10.2. The topological polar surface area (TPSA) is 122 Å². The van der Waals surface area contributed by atoms with Crippen molar-refractivity contribution >= 4 is 21.6 Å². The summed E-state index contributed by atoms with van der Waals surface area (Å²) in [4.78, 5) is 24.1. The van der Waals surface area contributed by atoms with Gasteiger partial charge in [0.1, 0.15) is 0 Å². The molecule has 0 aromatic heterocycles. The molecule has 1 aromatic rings. The number of benzene rings is 1. The first-order chi connectivity index (χ1) is 12.9. The number of rotatable bonds is 5. The molecule has 1 aromatic carbocycles. The molecule has 2 saturated heterocycles. The van der Waals surface area contributed by atoms with Gasteiger partial charge in [-0.25, -0.2) is 8.42 Å². The van der Waals surface area contributed by atoms with Crippen molar-refractivity contribution in [2.45, 2.75) is 17.4 Å².